The largest absolute Gasteiger partial charge is 0.472 e. The molecule has 2 heterocycles. The Labute approximate surface area is 89.2 Å². The zero-order chi connectivity index (χ0) is 10.8. The van der Waals surface area contributed by atoms with E-state index in [9.17, 15) is 4.79 Å². The summed E-state index contributed by atoms with van der Waals surface area (Å²) in [5.41, 5.74) is 0.635. The van der Waals surface area contributed by atoms with Crippen molar-refractivity contribution in [1.29, 1.82) is 0 Å². The van der Waals surface area contributed by atoms with Crippen LogP contribution in [-0.2, 0) is 0 Å². The molecule has 2 atom stereocenters. The van der Waals surface area contributed by atoms with Gasteiger partial charge in [0, 0.05) is 25.2 Å². The number of nitrogens with zero attached hydrogens (tertiary/aromatic N) is 1. The fraction of sp³-hybridized carbons (Fsp3) is 0.545. The van der Waals surface area contributed by atoms with Gasteiger partial charge in [0.1, 0.15) is 6.26 Å². The van der Waals surface area contributed by atoms with E-state index in [1.54, 1.807) is 6.07 Å². The van der Waals surface area contributed by atoms with E-state index in [4.69, 9.17) is 4.42 Å². The molecule has 1 saturated heterocycles. The second-order valence-electron chi connectivity index (χ2n) is 4.08. The fourth-order valence-electron chi connectivity index (χ4n) is 2.07. The molecule has 1 aliphatic rings. The van der Waals surface area contributed by atoms with E-state index in [2.05, 4.69) is 19.2 Å². The van der Waals surface area contributed by atoms with E-state index in [0.717, 1.165) is 13.1 Å². The van der Waals surface area contributed by atoms with Gasteiger partial charge in [-0.2, -0.15) is 0 Å². The Hall–Kier alpha value is -1.29. The molecule has 0 aliphatic carbocycles. The van der Waals surface area contributed by atoms with Crippen molar-refractivity contribution in [2.75, 3.05) is 13.1 Å². The third kappa shape index (κ3) is 1.90. The molecule has 15 heavy (non-hydrogen) atoms. The van der Waals surface area contributed by atoms with Gasteiger partial charge in [0.15, 0.2) is 0 Å². The van der Waals surface area contributed by atoms with Crippen LogP contribution >= 0.6 is 0 Å². The Morgan fingerprint density at radius 1 is 1.47 bits per heavy atom. The van der Waals surface area contributed by atoms with E-state index in [0.29, 0.717) is 5.56 Å². The Bertz CT molecular complexity index is 324. The molecule has 0 spiro atoms. The molecule has 0 bridgehead atoms. The predicted octanol–water partition coefficient (Wildman–Crippen LogP) is 1.10. The van der Waals surface area contributed by atoms with Crippen molar-refractivity contribution in [2.45, 2.75) is 25.9 Å². The van der Waals surface area contributed by atoms with Crippen LogP contribution in [-0.4, -0.2) is 36.0 Å². The molecule has 0 radical (unpaired) electrons. The lowest BCUT2D eigenvalue weighted by molar-refractivity contribution is 0.0544. The number of amides is 1. The molecule has 1 aliphatic heterocycles. The lowest BCUT2D eigenvalue weighted by Crippen LogP contribution is -2.57. The molecule has 1 N–H and O–H groups in total. The van der Waals surface area contributed by atoms with Gasteiger partial charge in [-0.1, -0.05) is 0 Å². The summed E-state index contributed by atoms with van der Waals surface area (Å²) < 4.78 is 4.93. The smallest absolute Gasteiger partial charge is 0.257 e. The molecule has 0 saturated carbocycles. The molecule has 2 rings (SSSR count). The van der Waals surface area contributed by atoms with Gasteiger partial charge in [-0.15, -0.1) is 0 Å². The van der Waals surface area contributed by atoms with Crippen molar-refractivity contribution < 1.29 is 9.21 Å². The summed E-state index contributed by atoms with van der Waals surface area (Å²) in [5.74, 6) is 0.0604. The zero-order valence-corrected chi connectivity index (χ0v) is 9.06. The maximum atomic E-state index is 12.1. The molecular weight excluding hydrogens is 192 g/mol. The molecule has 1 fully saturated rings. The van der Waals surface area contributed by atoms with E-state index < -0.39 is 0 Å². The summed E-state index contributed by atoms with van der Waals surface area (Å²) in [5, 5.41) is 3.30. The van der Waals surface area contributed by atoms with Crippen LogP contribution in [0.25, 0.3) is 0 Å². The second kappa shape index (κ2) is 4.06. The topological polar surface area (TPSA) is 45.5 Å². The minimum atomic E-state index is 0.0604. The highest BCUT2D eigenvalue weighted by Gasteiger charge is 2.29. The van der Waals surface area contributed by atoms with E-state index in [-0.39, 0.29) is 18.0 Å². The zero-order valence-electron chi connectivity index (χ0n) is 9.06. The first kappa shape index (κ1) is 10.2. The van der Waals surface area contributed by atoms with E-state index in [1.807, 2.05) is 4.90 Å². The first-order valence-electron chi connectivity index (χ1n) is 5.25. The molecule has 4 heteroatoms. The van der Waals surface area contributed by atoms with Gasteiger partial charge in [-0.3, -0.25) is 4.79 Å². The molecule has 0 aromatic carbocycles. The predicted molar refractivity (Wildman–Crippen MR) is 56.7 cm³/mol. The van der Waals surface area contributed by atoms with Crippen LogP contribution in [0.3, 0.4) is 0 Å². The van der Waals surface area contributed by atoms with Crippen LogP contribution in [0.4, 0.5) is 0 Å². The molecule has 1 amide bonds. The summed E-state index contributed by atoms with van der Waals surface area (Å²) in [4.78, 5) is 14.0. The average Bonchev–Trinajstić information content (AvgIpc) is 2.69. The van der Waals surface area contributed by atoms with Crippen molar-refractivity contribution in [3.63, 3.8) is 0 Å². The number of carbonyl (C=O) groups is 1. The second-order valence-corrected chi connectivity index (χ2v) is 4.08. The number of hydrogen-bond donors (Lipinski definition) is 1. The molecule has 82 valence electrons. The number of nitrogens with one attached hydrogen (secondary N) is 1. The van der Waals surface area contributed by atoms with Crippen molar-refractivity contribution in [3.8, 4) is 0 Å². The highest BCUT2D eigenvalue weighted by Crippen LogP contribution is 2.14. The summed E-state index contributed by atoms with van der Waals surface area (Å²) >= 11 is 0. The normalized spacial score (nSPS) is 26.7. The molecule has 4 nitrogen and oxygen atoms in total. The standard InChI is InChI=1S/C11H16N2O2/c1-8-5-12-6-9(2)13(8)11(14)10-3-4-15-7-10/h3-4,7-9,12H,5-6H2,1-2H3. The summed E-state index contributed by atoms with van der Waals surface area (Å²) in [6.07, 6.45) is 3.04. The average molecular weight is 208 g/mol. The highest BCUT2D eigenvalue weighted by atomic mass is 16.3. The third-order valence-corrected chi connectivity index (χ3v) is 2.83. The van der Waals surface area contributed by atoms with Crippen LogP contribution in [0.5, 0.6) is 0 Å². The van der Waals surface area contributed by atoms with Gasteiger partial charge in [0.25, 0.3) is 5.91 Å². The van der Waals surface area contributed by atoms with Crippen LogP contribution in [0.2, 0.25) is 0 Å². The minimum Gasteiger partial charge on any atom is -0.472 e. The van der Waals surface area contributed by atoms with Crippen molar-refractivity contribution in [2.24, 2.45) is 0 Å². The van der Waals surface area contributed by atoms with Crippen LogP contribution < -0.4 is 5.32 Å². The SMILES string of the molecule is CC1CNCC(C)N1C(=O)c1ccoc1. The Morgan fingerprint density at radius 3 is 2.67 bits per heavy atom. The molecule has 1 aromatic rings. The number of furan rings is 1. The van der Waals surface area contributed by atoms with Crippen molar-refractivity contribution >= 4 is 5.91 Å². The first-order chi connectivity index (χ1) is 7.20. The Morgan fingerprint density at radius 2 is 2.13 bits per heavy atom. The quantitative estimate of drug-likeness (QED) is 0.751. The molecule has 1 aromatic heterocycles. The van der Waals surface area contributed by atoms with Gasteiger partial charge in [0.2, 0.25) is 0 Å². The van der Waals surface area contributed by atoms with Gasteiger partial charge < -0.3 is 14.6 Å². The summed E-state index contributed by atoms with van der Waals surface area (Å²) in [6.45, 7) is 5.82. The number of carbonyl (C=O) groups excluding carboxylic acids is 1. The van der Waals surface area contributed by atoms with Crippen molar-refractivity contribution in [1.82, 2.24) is 10.2 Å². The van der Waals surface area contributed by atoms with Crippen LogP contribution in [0, 0.1) is 0 Å². The number of rotatable bonds is 1. The lowest BCUT2D eigenvalue weighted by atomic mass is 10.1. The summed E-state index contributed by atoms with van der Waals surface area (Å²) in [6, 6.07) is 2.18. The Balaban J connectivity index is 2.17. The molecular formula is C11H16N2O2. The molecule has 2 unspecified atom stereocenters. The van der Waals surface area contributed by atoms with E-state index in [1.165, 1.54) is 12.5 Å². The van der Waals surface area contributed by atoms with Crippen molar-refractivity contribution in [3.05, 3.63) is 24.2 Å². The number of piperazine rings is 1. The van der Waals surface area contributed by atoms with Gasteiger partial charge >= 0.3 is 0 Å². The van der Waals surface area contributed by atoms with Gasteiger partial charge in [-0.25, -0.2) is 0 Å². The minimum absolute atomic E-state index is 0.0604. The Kier molecular flexibility index (Phi) is 2.77. The van der Waals surface area contributed by atoms with Gasteiger partial charge in [0.05, 0.1) is 11.8 Å². The van der Waals surface area contributed by atoms with Crippen LogP contribution in [0.15, 0.2) is 23.0 Å². The number of hydrogen-bond acceptors (Lipinski definition) is 3. The lowest BCUT2D eigenvalue weighted by Gasteiger charge is -2.39. The fourth-order valence-corrected chi connectivity index (χ4v) is 2.07. The first-order valence-corrected chi connectivity index (χ1v) is 5.25. The van der Waals surface area contributed by atoms with Gasteiger partial charge in [-0.05, 0) is 19.9 Å². The maximum Gasteiger partial charge on any atom is 0.257 e. The highest BCUT2D eigenvalue weighted by molar-refractivity contribution is 5.94. The van der Waals surface area contributed by atoms with E-state index >= 15 is 0 Å². The third-order valence-electron chi connectivity index (χ3n) is 2.83. The summed E-state index contributed by atoms with van der Waals surface area (Å²) in [7, 11) is 0. The monoisotopic (exact) mass is 208 g/mol. The van der Waals surface area contributed by atoms with Crippen LogP contribution in [0.1, 0.15) is 24.2 Å². The maximum absolute atomic E-state index is 12.1.